The molecule has 0 amide bonds. The second kappa shape index (κ2) is 5.74. The number of aryl methyl sites for hydroxylation is 2. The van der Waals surface area contributed by atoms with Crippen LogP contribution in [0, 0.1) is 6.92 Å². The monoisotopic (exact) mass is 266 g/mol. The van der Waals surface area contributed by atoms with Gasteiger partial charge in [0.15, 0.2) is 0 Å². The van der Waals surface area contributed by atoms with Crippen LogP contribution in [0.5, 0.6) is 0 Å². The summed E-state index contributed by atoms with van der Waals surface area (Å²) in [7, 11) is 0. The Morgan fingerprint density at radius 3 is 2.95 bits per heavy atom. The van der Waals surface area contributed by atoms with Crippen molar-refractivity contribution in [2.45, 2.75) is 19.8 Å². The maximum absolute atomic E-state index is 4.37. The lowest BCUT2D eigenvalue weighted by atomic mass is 10.1. The molecule has 2 heterocycles. The van der Waals surface area contributed by atoms with Crippen molar-refractivity contribution in [3.8, 4) is 0 Å². The predicted octanol–water partition coefficient (Wildman–Crippen LogP) is 3.31. The van der Waals surface area contributed by atoms with Crippen LogP contribution < -0.4 is 5.32 Å². The number of rotatable bonds is 5. The van der Waals surface area contributed by atoms with Crippen LogP contribution in [-0.2, 0) is 6.42 Å². The number of aromatic amines is 1. The number of hydrogen-bond acceptors (Lipinski definition) is 3. The molecule has 102 valence electrons. The molecule has 4 nitrogen and oxygen atoms in total. The first-order valence-electron chi connectivity index (χ1n) is 6.91. The molecule has 0 fully saturated rings. The maximum atomic E-state index is 4.37. The Labute approximate surface area is 118 Å². The van der Waals surface area contributed by atoms with E-state index < -0.39 is 0 Å². The molecule has 1 aromatic carbocycles. The van der Waals surface area contributed by atoms with E-state index in [9.17, 15) is 0 Å². The predicted molar refractivity (Wildman–Crippen MR) is 81.9 cm³/mol. The molecule has 0 bridgehead atoms. The lowest BCUT2D eigenvalue weighted by Crippen LogP contribution is -2.03. The number of hydrogen-bond donors (Lipinski definition) is 2. The van der Waals surface area contributed by atoms with Gasteiger partial charge in [-0.15, -0.1) is 0 Å². The van der Waals surface area contributed by atoms with Crippen LogP contribution in [0.2, 0.25) is 0 Å². The molecule has 4 heteroatoms. The van der Waals surface area contributed by atoms with E-state index in [4.69, 9.17) is 0 Å². The minimum absolute atomic E-state index is 0.943. The van der Waals surface area contributed by atoms with Gasteiger partial charge in [-0.25, -0.2) is 0 Å². The van der Waals surface area contributed by atoms with Crippen LogP contribution in [-0.4, -0.2) is 21.7 Å². The average molecular weight is 266 g/mol. The SMILES string of the molecule is Cc1[nH]ncc1CCCNc1ccnc2ccccc12. The van der Waals surface area contributed by atoms with Crippen LogP contribution in [0.4, 0.5) is 5.69 Å². The van der Waals surface area contributed by atoms with E-state index in [1.807, 2.05) is 36.7 Å². The molecule has 0 saturated heterocycles. The summed E-state index contributed by atoms with van der Waals surface area (Å²) in [5, 5.41) is 11.7. The van der Waals surface area contributed by atoms with Gasteiger partial charge in [0.2, 0.25) is 0 Å². The number of H-pyrrole nitrogens is 1. The van der Waals surface area contributed by atoms with Gasteiger partial charge in [0.25, 0.3) is 0 Å². The van der Waals surface area contributed by atoms with Crippen molar-refractivity contribution in [1.82, 2.24) is 15.2 Å². The maximum Gasteiger partial charge on any atom is 0.0722 e. The Balaban J connectivity index is 1.62. The minimum atomic E-state index is 0.943. The lowest BCUT2D eigenvalue weighted by molar-refractivity contribution is 0.858. The van der Waals surface area contributed by atoms with Gasteiger partial charge in [0.05, 0.1) is 11.7 Å². The van der Waals surface area contributed by atoms with E-state index in [-0.39, 0.29) is 0 Å². The summed E-state index contributed by atoms with van der Waals surface area (Å²) in [5.74, 6) is 0. The summed E-state index contributed by atoms with van der Waals surface area (Å²) in [4.78, 5) is 4.37. The molecule has 0 unspecified atom stereocenters. The van der Waals surface area contributed by atoms with Gasteiger partial charge < -0.3 is 5.32 Å². The normalized spacial score (nSPS) is 10.8. The molecule has 0 radical (unpaired) electrons. The van der Waals surface area contributed by atoms with Crippen LogP contribution >= 0.6 is 0 Å². The van der Waals surface area contributed by atoms with E-state index in [2.05, 4.69) is 33.5 Å². The number of anilines is 1. The zero-order chi connectivity index (χ0) is 13.8. The summed E-state index contributed by atoms with van der Waals surface area (Å²) in [5.41, 5.74) is 4.65. The number of nitrogens with one attached hydrogen (secondary N) is 2. The third-order valence-electron chi connectivity index (χ3n) is 3.52. The second-order valence-electron chi connectivity index (χ2n) is 4.93. The van der Waals surface area contributed by atoms with Crippen LogP contribution in [0.15, 0.2) is 42.7 Å². The molecular weight excluding hydrogens is 248 g/mol. The van der Waals surface area contributed by atoms with E-state index in [1.165, 1.54) is 16.6 Å². The standard InChI is InChI=1S/C16H18N4/c1-12-13(11-19-20-12)5-4-9-17-16-8-10-18-15-7-3-2-6-14(15)16/h2-3,6-8,10-11H,4-5,9H2,1H3,(H,17,18)(H,19,20). The Bertz CT molecular complexity index is 697. The molecule has 0 atom stereocenters. The van der Waals surface area contributed by atoms with Crippen LogP contribution in [0.3, 0.4) is 0 Å². The third kappa shape index (κ3) is 2.64. The van der Waals surface area contributed by atoms with Crippen molar-refractivity contribution in [1.29, 1.82) is 0 Å². The molecule has 0 spiro atoms. The first kappa shape index (κ1) is 12.7. The number of nitrogens with zero attached hydrogens (tertiary/aromatic N) is 2. The second-order valence-corrected chi connectivity index (χ2v) is 4.93. The van der Waals surface area contributed by atoms with Crippen LogP contribution in [0.1, 0.15) is 17.7 Å². The molecule has 0 aliphatic carbocycles. The van der Waals surface area contributed by atoms with Crippen molar-refractivity contribution >= 4 is 16.6 Å². The Morgan fingerprint density at radius 1 is 1.20 bits per heavy atom. The number of pyridine rings is 1. The zero-order valence-corrected chi connectivity index (χ0v) is 11.6. The van der Waals surface area contributed by atoms with Gasteiger partial charge in [-0.05, 0) is 37.5 Å². The molecule has 0 aliphatic heterocycles. The summed E-state index contributed by atoms with van der Waals surface area (Å²) < 4.78 is 0. The highest BCUT2D eigenvalue weighted by atomic mass is 15.1. The highest BCUT2D eigenvalue weighted by Crippen LogP contribution is 2.20. The molecule has 3 aromatic rings. The van der Waals surface area contributed by atoms with Gasteiger partial charge in [-0.2, -0.15) is 5.10 Å². The van der Waals surface area contributed by atoms with E-state index in [0.717, 1.165) is 30.6 Å². The fraction of sp³-hybridized carbons (Fsp3) is 0.250. The topological polar surface area (TPSA) is 53.6 Å². The fourth-order valence-corrected chi connectivity index (χ4v) is 2.38. The van der Waals surface area contributed by atoms with Gasteiger partial charge in [0.1, 0.15) is 0 Å². The quantitative estimate of drug-likeness (QED) is 0.697. The largest absolute Gasteiger partial charge is 0.384 e. The van der Waals surface area contributed by atoms with Gasteiger partial charge in [-0.1, -0.05) is 18.2 Å². The van der Waals surface area contributed by atoms with Gasteiger partial charge >= 0.3 is 0 Å². The molecule has 3 rings (SSSR count). The van der Waals surface area contributed by atoms with Gasteiger partial charge in [-0.3, -0.25) is 10.1 Å². The van der Waals surface area contributed by atoms with Gasteiger partial charge in [0, 0.05) is 29.5 Å². The number of benzene rings is 1. The van der Waals surface area contributed by atoms with E-state index >= 15 is 0 Å². The van der Waals surface area contributed by atoms with E-state index in [0.29, 0.717) is 0 Å². The smallest absolute Gasteiger partial charge is 0.0722 e. The first-order valence-corrected chi connectivity index (χ1v) is 6.91. The first-order chi connectivity index (χ1) is 9.84. The third-order valence-corrected chi connectivity index (χ3v) is 3.52. The number of fused-ring (bicyclic) bond motifs is 1. The number of para-hydroxylation sites is 1. The van der Waals surface area contributed by atoms with Crippen molar-refractivity contribution in [2.24, 2.45) is 0 Å². The summed E-state index contributed by atoms with van der Waals surface area (Å²) >= 11 is 0. The molecule has 0 aliphatic rings. The Hall–Kier alpha value is -2.36. The molecular formula is C16H18N4. The Morgan fingerprint density at radius 2 is 2.10 bits per heavy atom. The average Bonchev–Trinajstić information content (AvgIpc) is 2.89. The molecule has 20 heavy (non-hydrogen) atoms. The molecule has 2 aromatic heterocycles. The zero-order valence-electron chi connectivity index (χ0n) is 11.6. The highest BCUT2D eigenvalue weighted by molar-refractivity contribution is 5.90. The minimum Gasteiger partial charge on any atom is -0.384 e. The lowest BCUT2D eigenvalue weighted by Gasteiger charge is -2.09. The molecule has 0 saturated carbocycles. The van der Waals surface area contributed by atoms with Crippen molar-refractivity contribution in [2.75, 3.05) is 11.9 Å². The van der Waals surface area contributed by atoms with Crippen molar-refractivity contribution < 1.29 is 0 Å². The summed E-state index contributed by atoms with van der Waals surface area (Å²) in [6.07, 6.45) is 5.89. The van der Waals surface area contributed by atoms with Crippen molar-refractivity contribution in [3.63, 3.8) is 0 Å². The van der Waals surface area contributed by atoms with E-state index in [1.54, 1.807) is 0 Å². The van der Waals surface area contributed by atoms with Crippen LogP contribution in [0.25, 0.3) is 10.9 Å². The fourth-order valence-electron chi connectivity index (χ4n) is 2.38. The highest BCUT2D eigenvalue weighted by Gasteiger charge is 2.02. The number of aromatic nitrogens is 3. The molecule has 2 N–H and O–H groups in total. The summed E-state index contributed by atoms with van der Waals surface area (Å²) in [6, 6.07) is 10.2. The summed E-state index contributed by atoms with van der Waals surface area (Å²) in [6.45, 7) is 3.00. The Kier molecular flexibility index (Phi) is 3.63. The van der Waals surface area contributed by atoms with Crippen molar-refractivity contribution in [3.05, 3.63) is 54.0 Å².